The van der Waals surface area contributed by atoms with Gasteiger partial charge in [-0.25, -0.2) is 9.97 Å². The number of fused-ring (bicyclic) bond motifs is 1. The van der Waals surface area contributed by atoms with E-state index in [0.717, 1.165) is 48.1 Å². The average Bonchev–Trinajstić information content (AvgIpc) is 2.74. The van der Waals surface area contributed by atoms with E-state index >= 15 is 0 Å². The highest BCUT2D eigenvalue weighted by atomic mass is 15.1. The number of nitrogens with zero attached hydrogens (tertiary/aromatic N) is 3. The van der Waals surface area contributed by atoms with E-state index in [4.69, 9.17) is 5.73 Å². The lowest BCUT2D eigenvalue weighted by Gasteiger charge is -2.23. The molecule has 1 aliphatic rings. The van der Waals surface area contributed by atoms with Crippen molar-refractivity contribution < 1.29 is 0 Å². The van der Waals surface area contributed by atoms with Crippen LogP contribution in [0.4, 0.5) is 5.82 Å². The zero-order chi connectivity index (χ0) is 14.1. The van der Waals surface area contributed by atoms with Crippen molar-refractivity contribution in [3.05, 3.63) is 17.6 Å². The number of anilines is 1. The number of hydrogen-bond donors (Lipinski definition) is 2. The second-order valence-corrected chi connectivity index (χ2v) is 5.81. The fourth-order valence-electron chi connectivity index (χ4n) is 3.15. The number of pyridine rings is 1. The second kappa shape index (κ2) is 5.40. The topological polar surface area (TPSA) is 68.8 Å². The van der Waals surface area contributed by atoms with Crippen LogP contribution < -0.4 is 11.1 Å². The predicted molar refractivity (Wildman–Crippen MR) is 81.6 cm³/mol. The Morgan fingerprint density at radius 1 is 1.30 bits per heavy atom. The van der Waals surface area contributed by atoms with Crippen LogP contribution in [0.1, 0.15) is 30.8 Å². The first kappa shape index (κ1) is 13.4. The summed E-state index contributed by atoms with van der Waals surface area (Å²) in [5, 5.41) is 3.42. The molecule has 5 nitrogen and oxygen atoms in total. The van der Waals surface area contributed by atoms with E-state index in [1.165, 1.54) is 19.3 Å². The Bertz CT molecular complexity index is 610. The number of aryl methyl sites for hydroxylation is 3. The molecule has 0 spiro atoms. The molecule has 3 heterocycles. The Kier molecular flexibility index (Phi) is 3.61. The molecule has 3 N–H and O–H groups in total. The van der Waals surface area contributed by atoms with Crippen LogP contribution in [0, 0.1) is 19.8 Å². The number of imidazole rings is 1. The molecule has 1 saturated heterocycles. The summed E-state index contributed by atoms with van der Waals surface area (Å²) in [6, 6.07) is 2.09. The number of nitrogens with one attached hydrogen (secondary N) is 1. The van der Waals surface area contributed by atoms with E-state index in [0.29, 0.717) is 5.82 Å². The number of aromatic nitrogens is 3. The highest BCUT2D eigenvalue weighted by Gasteiger charge is 2.16. The lowest BCUT2D eigenvalue weighted by molar-refractivity contribution is 0.338. The van der Waals surface area contributed by atoms with Crippen molar-refractivity contribution in [2.75, 3.05) is 18.8 Å². The van der Waals surface area contributed by atoms with Gasteiger partial charge < -0.3 is 15.6 Å². The third-order valence-electron chi connectivity index (χ3n) is 4.30. The van der Waals surface area contributed by atoms with Gasteiger partial charge in [-0.15, -0.1) is 0 Å². The number of nitrogens with two attached hydrogens (primary N) is 1. The summed E-state index contributed by atoms with van der Waals surface area (Å²) in [4.78, 5) is 8.88. The summed E-state index contributed by atoms with van der Waals surface area (Å²) in [6.45, 7) is 7.37. The van der Waals surface area contributed by atoms with Crippen LogP contribution in [-0.2, 0) is 6.54 Å². The second-order valence-electron chi connectivity index (χ2n) is 5.81. The van der Waals surface area contributed by atoms with Crippen LogP contribution in [-0.4, -0.2) is 27.6 Å². The Balaban J connectivity index is 1.85. The lowest BCUT2D eigenvalue weighted by atomic mass is 9.95. The van der Waals surface area contributed by atoms with Gasteiger partial charge in [0.2, 0.25) is 0 Å². The van der Waals surface area contributed by atoms with E-state index in [2.05, 4.69) is 32.8 Å². The zero-order valence-corrected chi connectivity index (χ0v) is 12.3. The highest BCUT2D eigenvalue weighted by Crippen LogP contribution is 2.24. The Morgan fingerprint density at radius 2 is 2.05 bits per heavy atom. The molecule has 0 aliphatic carbocycles. The summed E-state index contributed by atoms with van der Waals surface area (Å²) in [5.41, 5.74) is 8.91. The Labute approximate surface area is 119 Å². The molecule has 108 valence electrons. The molecule has 2 aromatic heterocycles. The third kappa shape index (κ3) is 2.50. The smallest absolute Gasteiger partial charge is 0.151 e. The molecule has 0 aromatic carbocycles. The van der Waals surface area contributed by atoms with E-state index in [9.17, 15) is 0 Å². The van der Waals surface area contributed by atoms with Gasteiger partial charge in [0, 0.05) is 12.2 Å². The van der Waals surface area contributed by atoms with Crippen molar-refractivity contribution in [2.24, 2.45) is 5.92 Å². The summed E-state index contributed by atoms with van der Waals surface area (Å²) in [7, 11) is 0. The molecule has 5 heteroatoms. The Morgan fingerprint density at radius 3 is 2.80 bits per heavy atom. The first-order valence-electron chi connectivity index (χ1n) is 7.46. The van der Waals surface area contributed by atoms with Gasteiger partial charge in [0.05, 0.1) is 5.52 Å². The van der Waals surface area contributed by atoms with Crippen molar-refractivity contribution in [3.8, 4) is 0 Å². The first-order valence-corrected chi connectivity index (χ1v) is 7.46. The van der Waals surface area contributed by atoms with Crippen molar-refractivity contribution in [1.29, 1.82) is 0 Å². The van der Waals surface area contributed by atoms with Gasteiger partial charge in [0.25, 0.3) is 0 Å². The molecule has 0 atom stereocenters. The van der Waals surface area contributed by atoms with E-state index in [1.807, 2.05) is 6.92 Å². The van der Waals surface area contributed by atoms with Gasteiger partial charge in [-0.1, -0.05) is 0 Å². The van der Waals surface area contributed by atoms with Crippen LogP contribution >= 0.6 is 0 Å². The minimum absolute atomic E-state index is 0.545. The molecule has 0 radical (unpaired) electrons. The molecule has 1 fully saturated rings. The monoisotopic (exact) mass is 273 g/mol. The first-order chi connectivity index (χ1) is 9.65. The van der Waals surface area contributed by atoms with Crippen molar-refractivity contribution >= 4 is 16.9 Å². The van der Waals surface area contributed by atoms with Crippen molar-refractivity contribution in [1.82, 2.24) is 19.9 Å². The number of piperidine rings is 1. The summed E-state index contributed by atoms with van der Waals surface area (Å²) < 4.78 is 2.29. The molecule has 2 aromatic rings. The molecular formula is C15H23N5. The summed E-state index contributed by atoms with van der Waals surface area (Å²) in [5.74, 6) is 2.41. The number of nitrogen functional groups attached to an aromatic ring is 1. The van der Waals surface area contributed by atoms with Crippen molar-refractivity contribution in [2.45, 2.75) is 39.7 Å². The standard InChI is InChI=1S/C15H23N5/c1-10-9-13-14(15(16)18-10)19-11(2)20(13)8-5-12-3-6-17-7-4-12/h9,12,17H,3-8H2,1-2H3,(H2,16,18). The highest BCUT2D eigenvalue weighted by molar-refractivity contribution is 5.85. The molecular weight excluding hydrogens is 250 g/mol. The maximum absolute atomic E-state index is 5.98. The van der Waals surface area contributed by atoms with E-state index in [1.54, 1.807) is 0 Å². The quantitative estimate of drug-likeness (QED) is 0.897. The van der Waals surface area contributed by atoms with Gasteiger partial charge in [-0.05, 0) is 58.2 Å². The fourth-order valence-corrected chi connectivity index (χ4v) is 3.15. The van der Waals surface area contributed by atoms with E-state index < -0.39 is 0 Å². The van der Waals surface area contributed by atoms with Gasteiger partial charge >= 0.3 is 0 Å². The summed E-state index contributed by atoms with van der Waals surface area (Å²) >= 11 is 0. The maximum Gasteiger partial charge on any atom is 0.151 e. The zero-order valence-electron chi connectivity index (χ0n) is 12.3. The molecule has 20 heavy (non-hydrogen) atoms. The normalized spacial score (nSPS) is 16.9. The predicted octanol–water partition coefficient (Wildman–Crippen LogP) is 2.02. The third-order valence-corrected chi connectivity index (χ3v) is 4.30. The fraction of sp³-hybridized carbons (Fsp3) is 0.600. The minimum Gasteiger partial charge on any atom is -0.382 e. The number of rotatable bonds is 3. The van der Waals surface area contributed by atoms with E-state index in [-0.39, 0.29) is 0 Å². The van der Waals surface area contributed by atoms with Crippen LogP contribution in [0.25, 0.3) is 11.0 Å². The van der Waals surface area contributed by atoms with Crippen LogP contribution in [0.15, 0.2) is 6.07 Å². The van der Waals surface area contributed by atoms with Gasteiger partial charge in [0.15, 0.2) is 5.82 Å². The Hall–Kier alpha value is -1.62. The number of hydrogen-bond acceptors (Lipinski definition) is 4. The maximum atomic E-state index is 5.98. The molecule has 0 bridgehead atoms. The molecule has 0 saturated carbocycles. The molecule has 1 aliphatic heterocycles. The van der Waals surface area contributed by atoms with Gasteiger partial charge in [-0.2, -0.15) is 0 Å². The summed E-state index contributed by atoms with van der Waals surface area (Å²) in [6.07, 6.45) is 3.79. The molecule has 0 unspecified atom stereocenters. The van der Waals surface area contributed by atoms with Crippen LogP contribution in [0.2, 0.25) is 0 Å². The average molecular weight is 273 g/mol. The molecule has 3 rings (SSSR count). The minimum atomic E-state index is 0.545. The van der Waals surface area contributed by atoms with Crippen LogP contribution in [0.5, 0.6) is 0 Å². The SMILES string of the molecule is Cc1cc2c(nc(C)n2CCC2CCNCC2)c(N)n1. The van der Waals surface area contributed by atoms with Crippen LogP contribution in [0.3, 0.4) is 0 Å². The van der Waals surface area contributed by atoms with Gasteiger partial charge in [-0.3, -0.25) is 0 Å². The largest absolute Gasteiger partial charge is 0.382 e. The van der Waals surface area contributed by atoms with Crippen molar-refractivity contribution in [3.63, 3.8) is 0 Å². The molecule has 0 amide bonds. The van der Waals surface area contributed by atoms with Gasteiger partial charge in [0.1, 0.15) is 11.3 Å². The lowest BCUT2D eigenvalue weighted by Crippen LogP contribution is -2.28.